The van der Waals surface area contributed by atoms with Gasteiger partial charge in [0.25, 0.3) is 0 Å². The lowest BCUT2D eigenvalue weighted by Gasteiger charge is -2.11. The van der Waals surface area contributed by atoms with Crippen LogP contribution in [-0.2, 0) is 0 Å². The van der Waals surface area contributed by atoms with Crippen molar-refractivity contribution in [2.75, 3.05) is 0 Å². The second-order valence-electron chi connectivity index (χ2n) is 5.57. The van der Waals surface area contributed by atoms with Crippen molar-refractivity contribution in [2.45, 2.75) is 0 Å². The van der Waals surface area contributed by atoms with E-state index in [0.717, 1.165) is 21.9 Å². The van der Waals surface area contributed by atoms with Gasteiger partial charge in [0.15, 0.2) is 0 Å². The Morgan fingerprint density at radius 3 is 2.00 bits per heavy atom. The van der Waals surface area contributed by atoms with E-state index >= 15 is 0 Å². The number of hydrogen-bond acceptors (Lipinski definition) is 1. The van der Waals surface area contributed by atoms with Gasteiger partial charge in [0.05, 0.1) is 5.56 Å². The zero-order valence-electron chi connectivity index (χ0n) is 12.4. The van der Waals surface area contributed by atoms with Crippen LogP contribution in [0.3, 0.4) is 0 Å². The minimum atomic E-state index is -0.903. The van der Waals surface area contributed by atoms with E-state index in [2.05, 4.69) is 30.3 Å². The molecule has 23 heavy (non-hydrogen) atoms. The van der Waals surface area contributed by atoms with E-state index in [1.165, 1.54) is 10.8 Å². The molecule has 0 aromatic heterocycles. The Hall–Kier alpha value is -3.13. The monoisotopic (exact) mass is 298 g/mol. The normalized spacial score (nSPS) is 11.0. The fraction of sp³-hybridized carbons (Fsp3) is 0. The molecule has 1 N–H and O–H groups in total. The molecule has 0 saturated carbocycles. The van der Waals surface area contributed by atoms with Crippen LogP contribution >= 0.6 is 0 Å². The lowest BCUT2D eigenvalue weighted by Crippen LogP contribution is -1.95. The molecule has 4 rings (SSSR count). The van der Waals surface area contributed by atoms with Gasteiger partial charge in [0.2, 0.25) is 0 Å². The summed E-state index contributed by atoms with van der Waals surface area (Å²) < 4.78 is 0. The Balaban J connectivity index is 2.08. The van der Waals surface area contributed by atoms with E-state index in [1.54, 1.807) is 12.1 Å². The molecule has 2 nitrogen and oxygen atoms in total. The summed E-state index contributed by atoms with van der Waals surface area (Å²) in [5.41, 5.74) is 2.49. The summed E-state index contributed by atoms with van der Waals surface area (Å²) in [5, 5.41) is 13.6. The number of carbonyl (C=O) groups is 1. The highest BCUT2D eigenvalue weighted by molar-refractivity contribution is 6.07. The van der Waals surface area contributed by atoms with Crippen LogP contribution in [-0.4, -0.2) is 11.1 Å². The van der Waals surface area contributed by atoms with Crippen molar-refractivity contribution < 1.29 is 9.90 Å². The molecule has 0 fully saturated rings. The molecule has 2 heteroatoms. The van der Waals surface area contributed by atoms with Crippen LogP contribution in [0.4, 0.5) is 0 Å². The molecule has 4 aromatic rings. The van der Waals surface area contributed by atoms with Crippen LogP contribution in [0.5, 0.6) is 0 Å². The van der Waals surface area contributed by atoms with E-state index in [1.807, 2.05) is 36.4 Å². The summed E-state index contributed by atoms with van der Waals surface area (Å²) in [6, 6.07) is 25.8. The first-order valence-electron chi connectivity index (χ1n) is 7.48. The minimum Gasteiger partial charge on any atom is -0.478 e. The summed E-state index contributed by atoms with van der Waals surface area (Å²) in [6.07, 6.45) is 0. The van der Waals surface area contributed by atoms with Crippen molar-refractivity contribution >= 4 is 27.5 Å². The smallest absolute Gasteiger partial charge is 0.335 e. The maximum Gasteiger partial charge on any atom is 0.335 e. The minimum absolute atomic E-state index is 0.310. The maximum atomic E-state index is 11.3. The van der Waals surface area contributed by atoms with Gasteiger partial charge in [-0.2, -0.15) is 0 Å². The van der Waals surface area contributed by atoms with Gasteiger partial charge in [-0.25, -0.2) is 4.79 Å². The molecule has 0 radical (unpaired) electrons. The average Bonchev–Trinajstić information content (AvgIpc) is 2.60. The van der Waals surface area contributed by atoms with Crippen molar-refractivity contribution in [3.8, 4) is 11.1 Å². The van der Waals surface area contributed by atoms with Gasteiger partial charge in [0.1, 0.15) is 0 Å². The lowest BCUT2D eigenvalue weighted by molar-refractivity contribution is 0.0697. The molecule has 0 aliphatic heterocycles. The third-order valence-electron chi connectivity index (χ3n) is 4.21. The highest BCUT2D eigenvalue weighted by Crippen LogP contribution is 2.34. The molecule has 0 unspecified atom stereocenters. The van der Waals surface area contributed by atoms with Crippen molar-refractivity contribution in [3.63, 3.8) is 0 Å². The summed E-state index contributed by atoms with van der Waals surface area (Å²) in [4.78, 5) is 11.3. The first-order valence-corrected chi connectivity index (χ1v) is 7.48. The summed E-state index contributed by atoms with van der Waals surface area (Å²) in [6.45, 7) is 0. The van der Waals surface area contributed by atoms with Crippen molar-refractivity contribution in [2.24, 2.45) is 0 Å². The van der Waals surface area contributed by atoms with Crippen LogP contribution in [0, 0.1) is 0 Å². The van der Waals surface area contributed by atoms with Crippen LogP contribution in [0.1, 0.15) is 10.4 Å². The molecule has 0 atom stereocenters. The largest absolute Gasteiger partial charge is 0.478 e. The van der Waals surface area contributed by atoms with Crippen molar-refractivity contribution in [3.05, 3.63) is 84.4 Å². The van der Waals surface area contributed by atoms with Crippen LogP contribution in [0.15, 0.2) is 78.9 Å². The summed E-state index contributed by atoms with van der Waals surface area (Å²) >= 11 is 0. The third kappa shape index (κ3) is 2.25. The van der Waals surface area contributed by atoms with Crippen LogP contribution in [0.25, 0.3) is 32.7 Å². The molecule has 0 spiro atoms. The summed E-state index contributed by atoms with van der Waals surface area (Å²) in [7, 11) is 0. The topological polar surface area (TPSA) is 37.3 Å². The predicted octanol–water partition coefficient (Wildman–Crippen LogP) is 5.36. The van der Waals surface area contributed by atoms with E-state index in [9.17, 15) is 9.90 Å². The molecular formula is C21H14O2. The van der Waals surface area contributed by atoms with E-state index < -0.39 is 5.97 Å². The molecule has 4 aromatic carbocycles. The Kier molecular flexibility index (Phi) is 3.09. The lowest BCUT2D eigenvalue weighted by atomic mass is 9.93. The van der Waals surface area contributed by atoms with Gasteiger partial charge >= 0.3 is 5.97 Å². The quantitative estimate of drug-likeness (QED) is 0.541. The predicted molar refractivity (Wildman–Crippen MR) is 93.8 cm³/mol. The fourth-order valence-electron chi connectivity index (χ4n) is 3.10. The second-order valence-corrected chi connectivity index (χ2v) is 5.57. The van der Waals surface area contributed by atoms with E-state index in [4.69, 9.17) is 0 Å². The Bertz CT molecular complexity index is 1040. The van der Waals surface area contributed by atoms with Gasteiger partial charge in [-0.1, -0.05) is 66.7 Å². The molecule has 0 saturated heterocycles. The number of carboxylic acids is 1. The molecule has 0 aliphatic rings. The number of rotatable bonds is 2. The number of benzene rings is 4. The molecule has 0 heterocycles. The van der Waals surface area contributed by atoms with Gasteiger partial charge in [0, 0.05) is 0 Å². The van der Waals surface area contributed by atoms with Gasteiger partial charge in [-0.15, -0.1) is 0 Å². The van der Waals surface area contributed by atoms with Gasteiger partial charge in [-0.05, 0) is 44.8 Å². The highest BCUT2D eigenvalue weighted by Gasteiger charge is 2.10. The maximum absolute atomic E-state index is 11.3. The van der Waals surface area contributed by atoms with Crippen molar-refractivity contribution in [1.82, 2.24) is 0 Å². The Labute approximate surface area is 133 Å². The number of hydrogen-bond donors (Lipinski definition) is 1. The van der Waals surface area contributed by atoms with Gasteiger partial charge < -0.3 is 5.11 Å². The Morgan fingerprint density at radius 2 is 1.26 bits per heavy atom. The SMILES string of the molecule is O=C(O)c1ccc2cccc(-c3cccc4ccccc34)c2c1. The van der Waals surface area contributed by atoms with Crippen molar-refractivity contribution in [1.29, 1.82) is 0 Å². The molecule has 0 amide bonds. The Morgan fingerprint density at radius 1 is 0.652 bits per heavy atom. The standard InChI is InChI=1S/C21H14O2/c22-21(23)16-12-11-15-7-4-10-19(20(15)13-16)18-9-3-6-14-5-1-2-8-17(14)18/h1-13H,(H,22,23). The average molecular weight is 298 g/mol. The van der Waals surface area contributed by atoms with Crippen LogP contribution < -0.4 is 0 Å². The number of aromatic carboxylic acids is 1. The summed E-state index contributed by atoms with van der Waals surface area (Å²) in [5.74, 6) is -0.903. The molecule has 110 valence electrons. The van der Waals surface area contributed by atoms with Gasteiger partial charge in [-0.3, -0.25) is 0 Å². The molecule has 0 aliphatic carbocycles. The number of fused-ring (bicyclic) bond motifs is 2. The highest BCUT2D eigenvalue weighted by atomic mass is 16.4. The first kappa shape index (κ1) is 13.5. The second kappa shape index (κ2) is 5.25. The van der Waals surface area contributed by atoms with E-state index in [0.29, 0.717) is 5.56 Å². The molecule has 0 bridgehead atoms. The van der Waals surface area contributed by atoms with E-state index in [-0.39, 0.29) is 0 Å². The zero-order chi connectivity index (χ0) is 15.8. The molecular weight excluding hydrogens is 284 g/mol. The van der Waals surface area contributed by atoms with Crippen LogP contribution in [0.2, 0.25) is 0 Å². The zero-order valence-corrected chi connectivity index (χ0v) is 12.4. The third-order valence-corrected chi connectivity index (χ3v) is 4.21. The number of carboxylic acid groups (broad SMARTS) is 1. The first-order chi connectivity index (χ1) is 11.2. The fourth-order valence-corrected chi connectivity index (χ4v) is 3.10.